The van der Waals surface area contributed by atoms with E-state index in [4.69, 9.17) is 4.74 Å². The quantitative estimate of drug-likeness (QED) is 0.732. The van der Waals surface area contributed by atoms with Crippen molar-refractivity contribution in [1.82, 2.24) is 10.2 Å². The number of hydrogen-bond acceptors (Lipinski definition) is 4. The van der Waals surface area contributed by atoms with E-state index in [9.17, 15) is 9.90 Å². The molecule has 1 rings (SSSR count). The zero-order valence-electron chi connectivity index (χ0n) is 12.7. The Morgan fingerprint density at radius 3 is 2.79 bits per heavy atom. The molecular formula is C14H28N2O3. The first-order valence-electron chi connectivity index (χ1n) is 7.11. The smallest absolute Gasteiger partial charge is 0.324 e. The van der Waals surface area contributed by atoms with E-state index in [2.05, 4.69) is 17.1 Å². The van der Waals surface area contributed by atoms with E-state index in [0.29, 0.717) is 6.54 Å². The molecule has 1 saturated heterocycles. The van der Waals surface area contributed by atoms with Gasteiger partial charge in [0.05, 0.1) is 5.60 Å². The number of carbonyl (C=O) groups is 1. The molecule has 1 heterocycles. The first-order chi connectivity index (χ1) is 8.85. The van der Waals surface area contributed by atoms with Crippen LogP contribution in [0.1, 0.15) is 40.0 Å². The van der Waals surface area contributed by atoms with Crippen molar-refractivity contribution in [1.29, 1.82) is 0 Å². The van der Waals surface area contributed by atoms with Gasteiger partial charge >= 0.3 is 5.97 Å². The van der Waals surface area contributed by atoms with E-state index >= 15 is 0 Å². The lowest BCUT2D eigenvalue weighted by molar-refractivity contribution is -0.146. The fourth-order valence-corrected chi connectivity index (χ4v) is 2.66. The molecule has 2 N–H and O–H groups in total. The summed E-state index contributed by atoms with van der Waals surface area (Å²) in [5.41, 5.74) is -1.04. The number of methoxy groups -OCH3 is 1. The number of carboxylic acids is 1. The standard InChI is InChI=1S/C14H28N2O3/c1-5-8-15-14(3,12(17)18)11-16-9-6-7-13(2,10-16)19-4/h15H,5-11H2,1-4H3,(H,17,18). The molecule has 19 heavy (non-hydrogen) atoms. The van der Waals surface area contributed by atoms with Crippen molar-refractivity contribution in [3.63, 3.8) is 0 Å². The molecule has 2 unspecified atom stereocenters. The third kappa shape index (κ3) is 4.44. The van der Waals surface area contributed by atoms with Crippen molar-refractivity contribution < 1.29 is 14.6 Å². The molecule has 0 aromatic carbocycles. The van der Waals surface area contributed by atoms with Crippen LogP contribution in [0, 0.1) is 0 Å². The molecule has 0 radical (unpaired) electrons. The molecule has 0 bridgehead atoms. The number of nitrogens with one attached hydrogen (secondary N) is 1. The molecule has 5 heteroatoms. The van der Waals surface area contributed by atoms with Gasteiger partial charge in [0, 0.05) is 20.2 Å². The van der Waals surface area contributed by atoms with Gasteiger partial charge in [0.2, 0.25) is 0 Å². The van der Waals surface area contributed by atoms with Crippen LogP contribution >= 0.6 is 0 Å². The minimum Gasteiger partial charge on any atom is -0.480 e. The van der Waals surface area contributed by atoms with E-state index in [0.717, 1.165) is 38.9 Å². The Hall–Kier alpha value is -0.650. The lowest BCUT2D eigenvalue weighted by Gasteiger charge is -2.42. The molecule has 1 aliphatic heterocycles. The number of ether oxygens (including phenoxy) is 1. The Bertz CT molecular complexity index is 311. The molecule has 0 saturated carbocycles. The predicted molar refractivity (Wildman–Crippen MR) is 75.4 cm³/mol. The van der Waals surface area contributed by atoms with Crippen LogP contribution in [0.3, 0.4) is 0 Å². The van der Waals surface area contributed by atoms with E-state index in [1.165, 1.54) is 0 Å². The summed E-state index contributed by atoms with van der Waals surface area (Å²) in [6.07, 6.45) is 3.01. The van der Waals surface area contributed by atoms with E-state index in [1.807, 2.05) is 6.92 Å². The number of rotatable bonds is 7. The van der Waals surface area contributed by atoms with Gasteiger partial charge in [-0.1, -0.05) is 6.92 Å². The second-order valence-electron chi connectivity index (χ2n) is 6.03. The van der Waals surface area contributed by atoms with Crippen LogP contribution in [-0.4, -0.2) is 60.4 Å². The Kier molecular flexibility index (Phi) is 5.77. The summed E-state index contributed by atoms with van der Waals surface area (Å²) in [6.45, 7) is 8.87. The molecule has 112 valence electrons. The molecule has 0 aromatic heterocycles. The van der Waals surface area contributed by atoms with E-state index in [1.54, 1.807) is 14.0 Å². The van der Waals surface area contributed by atoms with Gasteiger partial charge in [-0.3, -0.25) is 9.69 Å². The number of likely N-dealkylation sites (tertiary alicyclic amines) is 1. The predicted octanol–water partition coefficient (Wildman–Crippen LogP) is 1.33. The highest BCUT2D eigenvalue weighted by Gasteiger charge is 2.38. The normalized spacial score (nSPS) is 28.0. The van der Waals surface area contributed by atoms with Crippen LogP contribution in [0.5, 0.6) is 0 Å². The van der Waals surface area contributed by atoms with Crippen LogP contribution in [0.15, 0.2) is 0 Å². The van der Waals surface area contributed by atoms with Crippen LogP contribution in [0.25, 0.3) is 0 Å². The Morgan fingerprint density at radius 2 is 2.26 bits per heavy atom. The summed E-state index contributed by atoms with van der Waals surface area (Å²) in [6, 6.07) is 0. The number of piperidine rings is 1. The zero-order chi connectivity index (χ0) is 14.5. The minimum atomic E-state index is -0.887. The maximum Gasteiger partial charge on any atom is 0.324 e. The van der Waals surface area contributed by atoms with Crippen molar-refractivity contribution in [3.05, 3.63) is 0 Å². The number of nitrogens with zero attached hydrogens (tertiary/aromatic N) is 1. The van der Waals surface area contributed by atoms with Gasteiger partial charge < -0.3 is 15.2 Å². The Morgan fingerprint density at radius 1 is 1.58 bits per heavy atom. The first kappa shape index (κ1) is 16.4. The largest absolute Gasteiger partial charge is 0.480 e. The third-order valence-corrected chi connectivity index (χ3v) is 4.01. The number of hydrogen-bond donors (Lipinski definition) is 2. The molecule has 2 atom stereocenters. The summed E-state index contributed by atoms with van der Waals surface area (Å²) in [5, 5.41) is 12.6. The maximum atomic E-state index is 11.5. The highest BCUT2D eigenvalue weighted by atomic mass is 16.5. The van der Waals surface area contributed by atoms with Crippen molar-refractivity contribution in [2.75, 3.05) is 33.3 Å². The molecule has 0 spiro atoms. The number of carboxylic acid groups (broad SMARTS) is 1. The molecular weight excluding hydrogens is 244 g/mol. The van der Waals surface area contributed by atoms with Gasteiger partial charge in [-0.15, -0.1) is 0 Å². The topological polar surface area (TPSA) is 61.8 Å². The molecule has 0 aromatic rings. The van der Waals surface area contributed by atoms with Gasteiger partial charge in [0.25, 0.3) is 0 Å². The highest BCUT2D eigenvalue weighted by Crippen LogP contribution is 2.25. The van der Waals surface area contributed by atoms with E-state index < -0.39 is 11.5 Å². The SMILES string of the molecule is CCCNC(C)(CN1CCCC(C)(OC)C1)C(=O)O. The maximum absolute atomic E-state index is 11.5. The molecule has 0 aliphatic carbocycles. The van der Waals surface area contributed by atoms with Crippen molar-refractivity contribution in [3.8, 4) is 0 Å². The summed E-state index contributed by atoms with van der Waals surface area (Å²) in [7, 11) is 1.73. The first-order valence-corrected chi connectivity index (χ1v) is 7.11. The van der Waals surface area contributed by atoms with E-state index in [-0.39, 0.29) is 5.60 Å². The van der Waals surface area contributed by atoms with Crippen molar-refractivity contribution >= 4 is 5.97 Å². The minimum absolute atomic E-state index is 0.150. The second kappa shape index (κ2) is 6.68. The fraction of sp³-hybridized carbons (Fsp3) is 0.929. The lowest BCUT2D eigenvalue weighted by Crippen LogP contribution is -2.60. The van der Waals surface area contributed by atoms with Gasteiger partial charge in [-0.2, -0.15) is 0 Å². The Balaban J connectivity index is 2.66. The molecule has 1 aliphatic rings. The van der Waals surface area contributed by atoms with Crippen LogP contribution in [0.2, 0.25) is 0 Å². The average molecular weight is 272 g/mol. The summed E-state index contributed by atoms with van der Waals surface area (Å²) in [4.78, 5) is 13.7. The third-order valence-electron chi connectivity index (χ3n) is 4.01. The van der Waals surface area contributed by atoms with Gasteiger partial charge in [-0.05, 0) is 46.2 Å². The van der Waals surface area contributed by atoms with Crippen LogP contribution < -0.4 is 5.32 Å². The van der Waals surface area contributed by atoms with Gasteiger partial charge in [0.15, 0.2) is 0 Å². The zero-order valence-corrected chi connectivity index (χ0v) is 12.7. The number of aliphatic carboxylic acids is 1. The highest BCUT2D eigenvalue weighted by molar-refractivity contribution is 5.78. The summed E-state index contributed by atoms with van der Waals surface area (Å²) in [5.74, 6) is -0.786. The average Bonchev–Trinajstić information content (AvgIpc) is 2.36. The van der Waals surface area contributed by atoms with Gasteiger partial charge in [-0.25, -0.2) is 0 Å². The van der Waals surface area contributed by atoms with Crippen molar-refractivity contribution in [2.45, 2.75) is 51.2 Å². The summed E-state index contributed by atoms with van der Waals surface area (Å²) < 4.78 is 5.56. The monoisotopic (exact) mass is 272 g/mol. The molecule has 5 nitrogen and oxygen atoms in total. The fourth-order valence-electron chi connectivity index (χ4n) is 2.66. The van der Waals surface area contributed by atoms with Gasteiger partial charge in [0.1, 0.15) is 5.54 Å². The summed E-state index contributed by atoms with van der Waals surface area (Å²) >= 11 is 0. The molecule has 0 amide bonds. The Labute approximate surface area is 116 Å². The molecule has 1 fully saturated rings. The van der Waals surface area contributed by atoms with Crippen LogP contribution in [-0.2, 0) is 9.53 Å². The lowest BCUT2D eigenvalue weighted by atomic mass is 9.92. The van der Waals surface area contributed by atoms with Crippen LogP contribution in [0.4, 0.5) is 0 Å². The van der Waals surface area contributed by atoms with Crippen molar-refractivity contribution in [2.24, 2.45) is 0 Å². The second-order valence-corrected chi connectivity index (χ2v) is 6.03.